The van der Waals surface area contributed by atoms with Crippen molar-refractivity contribution in [1.29, 1.82) is 0 Å². The highest BCUT2D eigenvalue weighted by atomic mass is 16.3. The number of hydrogen-bond donors (Lipinski definition) is 2. The highest BCUT2D eigenvalue weighted by molar-refractivity contribution is 5.51. The van der Waals surface area contributed by atoms with Crippen molar-refractivity contribution in [2.24, 2.45) is 5.92 Å². The quantitative estimate of drug-likeness (QED) is 0.812. The molecule has 0 saturated carbocycles. The summed E-state index contributed by atoms with van der Waals surface area (Å²) in [6.07, 6.45) is 1.84. The van der Waals surface area contributed by atoms with E-state index in [2.05, 4.69) is 80.2 Å². The van der Waals surface area contributed by atoms with Gasteiger partial charge in [-0.05, 0) is 43.7 Å². The van der Waals surface area contributed by atoms with E-state index in [0.29, 0.717) is 11.9 Å². The van der Waals surface area contributed by atoms with Crippen molar-refractivity contribution in [3.63, 3.8) is 0 Å². The highest BCUT2D eigenvalue weighted by Crippen LogP contribution is 2.34. The molecule has 1 aromatic heterocycles. The van der Waals surface area contributed by atoms with Crippen LogP contribution in [-0.2, 0) is 19.4 Å². The van der Waals surface area contributed by atoms with Crippen LogP contribution in [0.4, 0.5) is 11.8 Å². The molecule has 0 amide bonds. The summed E-state index contributed by atoms with van der Waals surface area (Å²) < 4.78 is 0. The highest BCUT2D eigenvalue weighted by Gasteiger charge is 2.34. The van der Waals surface area contributed by atoms with Gasteiger partial charge in [0.1, 0.15) is 5.82 Å². The number of anilines is 2. The zero-order chi connectivity index (χ0) is 19.6. The van der Waals surface area contributed by atoms with Crippen LogP contribution in [0.2, 0.25) is 0 Å². The second kappa shape index (κ2) is 7.85. The van der Waals surface area contributed by atoms with E-state index in [1.807, 2.05) is 0 Å². The number of aliphatic hydroxyl groups excluding tert-OH is 1. The lowest BCUT2D eigenvalue weighted by Crippen LogP contribution is -2.49. The lowest BCUT2D eigenvalue weighted by Gasteiger charge is -2.44. The Morgan fingerprint density at radius 2 is 1.89 bits per heavy atom. The molecule has 0 saturated heterocycles. The first-order valence-electron chi connectivity index (χ1n) is 9.94. The monoisotopic (exact) mass is 368 g/mol. The third-order valence-corrected chi connectivity index (χ3v) is 5.52. The first-order chi connectivity index (χ1) is 12.8. The maximum Gasteiger partial charge on any atom is 0.225 e. The van der Waals surface area contributed by atoms with Crippen LogP contribution in [0.3, 0.4) is 0 Å². The number of rotatable bonds is 6. The molecule has 5 nitrogen and oxygen atoms in total. The molecule has 27 heavy (non-hydrogen) atoms. The fraction of sp³-hybridized carbons (Fsp3) is 0.545. The Morgan fingerprint density at radius 1 is 1.19 bits per heavy atom. The minimum absolute atomic E-state index is 0.0284. The fourth-order valence-electron chi connectivity index (χ4n) is 3.68. The zero-order valence-corrected chi connectivity index (χ0v) is 17.2. The van der Waals surface area contributed by atoms with Crippen molar-refractivity contribution < 1.29 is 5.11 Å². The summed E-state index contributed by atoms with van der Waals surface area (Å²) in [5, 5.41) is 13.0. The van der Waals surface area contributed by atoms with Gasteiger partial charge in [0.25, 0.3) is 0 Å². The molecule has 1 aromatic carbocycles. The zero-order valence-electron chi connectivity index (χ0n) is 17.2. The molecule has 0 bridgehead atoms. The van der Waals surface area contributed by atoms with Crippen LogP contribution in [0.5, 0.6) is 0 Å². The lowest BCUT2D eigenvalue weighted by molar-refractivity contribution is 0.248. The number of aliphatic hydroxyl groups is 1. The van der Waals surface area contributed by atoms with Crippen molar-refractivity contribution in [3.05, 3.63) is 47.2 Å². The number of hydrogen-bond acceptors (Lipinski definition) is 5. The van der Waals surface area contributed by atoms with Crippen molar-refractivity contribution >= 4 is 11.8 Å². The molecular weight excluding hydrogens is 336 g/mol. The number of aromatic nitrogens is 2. The third kappa shape index (κ3) is 4.24. The minimum Gasteiger partial charge on any atom is -0.394 e. The van der Waals surface area contributed by atoms with E-state index >= 15 is 0 Å². The molecule has 0 radical (unpaired) electrons. The molecule has 2 aromatic rings. The first kappa shape index (κ1) is 19.6. The SMILES string of the molecule is CCc1cc(N2Cc3ccccc3CC2(C)C)nc(N[C@H](CO)C(C)C)n1. The largest absolute Gasteiger partial charge is 0.394 e. The van der Waals surface area contributed by atoms with Crippen LogP contribution in [0.25, 0.3) is 0 Å². The molecule has 2 N–H and O–H groups in total. The molecule has 5 heteroatoms. The van der Waals surface area contributed by atoms with Crippen LogP contribution < -0.4 is 10.2 Å². The fourth-order valence-corrected chi connectivity index (χ4v) is 3.68. The van der Waals surface area contributed by atoms with Gasteiger partial charge in [0, 0.05) is 23.8 Å². The smallest absolute Gasteiger partial charge is 0.225 e. The molecule has 1 atom stereocenters. The maximum absolute atomic E-state index is 9.67. The van der Waals surface area contributed by atoms with Crippen molar-refractivity contribution in [1.82, 2.24) is 9.97 Å². The topological polar surface area (TPSA) is 61.3 Å². The standard InChI is InChI=1S/C22H32N4O/c1-6-18-11-20(25-21(23-18)24-19(14-27)15(2)3)26-13-17-10-8-7-9-16(17)12-22(26,4)5/h7-11,15,19,27H,6,12-14H2,1-5H3,(H,23,24,25)/t19-/m1/s1. The molecule has 0 aliphatic carbocycles. The number of nitrogens with one attached hydrogen (secondary N) is 1. The molecule has 146 valence electrons. The molecule has 0 spiro atoms. The van der Waals surface area contributed by atoms with Crippen LogP contribution in [0.1, 0.15) is 51.4 Å². The van der Waals surface area contributed by atoms with Gasteiger partial charge in [-0.15, -0.1) is 0 Å². The average Bonchev–Trinajstić information content (AvgIpc) is 2.64. The van der Waals surface area contributed by atoms with Gasteiger partial charge in [-0.25, -0.2) is 4.98 Å². The van der Waals surface area contributed by atoms with Gasteiger partial charge in [0.05, 0.1) is 12.6 Å². The van der Waals surface area contributed by atoms with E-state index in [4.69, 9.17) is 4.98 Å². The molecule has 2 heterocycles. The van der Waals surface area contributed by atoms with Gasteiger partial charge in [0.2, 0.25) is 5.95 Å². The number of benzene rings is 1. The number of aryl methyl sites for hydroxylation is 1. The summed E-state index contributed by atoms with van der Waals surface area (Å²) in [4.78, 5) is 11.9. The second-order valence-electron chi connectivity index (χ2n) is 8.42. The van der Waals surface area contributed by atoms with Crippen LogP contribution in [-0.4, -0.2) is 33.3 Å². The predicted octanol–water partition coefficient (Wildman–Crippen LogP) is 3.81. The van der Waals surface area contributed by atoms with E-state index < -0.39 is 0 Å². The first-order valence-corrected chi connectivity index (χ1v) is 9.94. The Balaban J connectivity index is 1.97. The van der Waals surface area contributed by atoms with E-state index in [1.54, 1.807) is 0 Å². The summed E-state index contributed by atoms with van der Waals surface area (Å²) in [5.74, 6) is 1.85. The normalized spacial score (nSPS) is 16.9. The van der Waals surface area contributed by atoms with Crippen LogP contribution >= 0.6 is 0 Å². The molecular formula is C22H32N4O. The third-order valence-electron chi connectivity index (χ3n) is 5.52. The molecule has 1 aliphatic heterocycles. The van der Waals surface area contributed by atoms with Crippen LogP contribution in [0, 0.1) is 5.92 Å². The molecule has 0 fully saturated rings. The van der Waals surface area contributed by atoms with Gasteiger partial charge in [-0.3, -0.25) is 0 Å². The summed E-state index contributed by atoms with van der Waals surface area (Å²) in [6, 6.07) is 10.7. The molecule has 3 rings (SSSR count). The van der Waals surface area contributed by atoms with Gasteiger partial charge < -0.3 is 15.3 Å². The lowest BCUT2D eigenvalue weighted by atomic mass is 9.85. The average molecular weight is 369 g/mol. The van der Waals surface area contributed by atoms with Crippen molar-refractivity contribution in [2.75, 3.05) is 16.8 Å². The molecule has 1 aliphatic rings. The maximum atomic E-state index is 9.67. The van der Waals surface area contributed by atoms with Gasteiger partial charge >= 0.3 is 0 Å². The summed E-state index contributed by atoms with van der Waals surface area (Å²) >= 11 is 0. The van der Waals surface area contributed by atoms with Crippen molar-refractivity contribution in [2.45, 2.75) is 65.6 Å². The Hall–Kier alpha value is -2.14. The Kier molecular flexibility index (Phi) is 5.70. The minimum atomic E-state index is -0.0555. The second-order valence-corrected chi connectivity index (χ2v) is 8.42. The van der Waals surface area contributed by atoms with Crippen LogP contribution in [0.15, 0.2) is 30.3 Å². The van der Waals surface area contributed by atoms with E-state index in [-0.39, 0.29) is 18.2 Å². The van der Waals surface area contributed by atoms with E-state index in [9.17, 15) is 5.11 Å². The van der Waals surface area contributed by atoms with Gasteiger partial charge in [-0.2, -0.15) is 4.98 Å². The van der Waals surface area contributed by atoms with E-state index in [0.717, 1.165) is 30.9 Å². The summed E-state index contributed by atoms with van der Waals surface area (Å²) in [6.45, 7) is 11.7. The number of fused-ring (bicyclic) bond motifs is 1. The summed E-state index contributed by atoms with van der Waals surface area (Å²) in [5.41, 5.74) is 3.76. The Bertz CT molecular complexity index is 788. The van der Waals surface area contributed by atoms with Gasteiger partial charge in [-0.1, -0.05) is 45.0 Å². The van der Waals surface area contributed by atoms with Crippen molar-refractivity contribution in [3.8, 4) is 0 Å². The Labute approximate surface area is 162 Å². The van der Waals surface area contributed by atoms with E-state index in [1.165, 1.54) is 11.1 Å². The van der Waals surface area contributed by atoms with Gasteiger partial charge in [0.15, 0.2) is 0 Å². The number of nitrogens with zero attached hydrogens (tertiary/aromatic N) is 3. The summed E-state index contributed by atoms with van der Waals surface area (Å²) in [7, 11) is 0. The predicted molar refractivity (Wildman–Crippen MR) is 111 cm³/mol. The molecule has 0 unspecified atom stereocenters. The Morgan fingerprint density at radius 3 is 2.52 bits per heavy atom.